The minimum absolute atomic E-state index is 0.878. The Kier molecular flexibility index (Phi) is 13.1. The molecule has 0 N–H and O–H groups in total. The van der Waals surface area contributed by atoms with Gasteiger partial charge >= 0.3 is 0 Å². The van der Waals surface area contributed by atoms with Crippen LogP contribution in [-0.2, 0) is 6.42 Å². The van der Waals surface area contributed by atoms with Crippen LogP contribution in [0.4, 0.5) is 0 Å². The van der Waals surface area contributed by atoms with Crippen molar-refractivity contribution >= 4 is 0 Å². The van der Waals surface area contributed by atoms with Crippen LogP contribution in [0.3, 0.4) is 0 Å². The maximum absolute atomic E-state index is 5.90. The summed E-state index contributed by atoms with van der Waals surface area (Å²) in [5.74, 6) is 1.91. The van der Waals surface area contributed by atoms with E-state index in [4.69, 9.17) is 4.74 Å². The number of rotatable bonds is 15. The molecule has 0 fully saturated rings. The van der Waals surface area contributed by atoms with E-state index in [1.54, 1.807) is 0 Å². The van der Waals surface area contributed by atoms with E-state index in [2.05, 4.69) is 51.1 Å². The van der Waals surface area contributed by atoms with Gasteiger partial charge in [0.1, 0.15) is 5.75 Å². The molecular weight excluding hydrogens is 304 g/mol. The molecule has 1 aromatic carbocycles. The summed E-state index contributed by atoms with van der Waals surface area (Å²) in [6, 6.07) is 8.50. The Hall–Kier alpha value is -1.24. The van der Waals surface area contributed by atoms with Gasteiger partial charge in [-0.2, -0.15) is 0 Å². The number of ether oxygens (including phenoxy) is 1. The van der Waals surface area contributed by atoms with Gasteiger partial charge in [0, 0.05) is 0 Å². The third-order valence-corrected chi connectivity index (χ3v) is 5.08. The van der Waals surface area contributed by atoms with Gasteiger partial charge in [0.15, 0.2) is 0 Å². The van der Waals surface area contributed by atoms with E-state index in [-0.39, 0.29) is 0 Å². The summed E-state index contributed by atoms with van der Waals surface area (Å²) in [5, 5.41) is 0. The number of para-hydroxylation sites is 1. The van der Waals surface area contributed by atoms with E-state index in [1.807, 2.05) is 6.26 Å². The van der Waals surface area contributed by atoms with Crippen molar-refractivity contribution in [3.8, 4) is 5.75 Å². The lowest BCUT2D eigenvalue weighted by atomic mass is 9.99. The van der Waals surface area contributed by atoms with E-state index in [1.165, 1.54) is 69.8 Å². The Bertz CT molecular complexity index is 449. The fourth-order valence-electron chi connectivity index (χ4n) is 3.07. The van der Waals surface area contributed by atoms with Crippen LogP contribution in [0.1, 0.15) is 97.0 Å². The first-order valence-corrected chi connectivity index (χ1v) is 10.7. The zero-order chi connectivity index (χ0) is 18.2. The predicted molar refractivity (Wildman–Crippen MR) is 111 cm³/mol. The van der Waals surface area contributed by atoms with Gasteiger partial charge in [-0.25, -0.2) is 0 Å². The molecule has 0 radical (unpaired) electrons. The molecule has 0 heterocycles. The zero-order valence-electron chi connectivity index (χ0n) is 16.9. The summed E-state index contributed by atoms with van der Waals surface area (Å²) in [6.45, 7) is 6.91. The number of allylic oxidation sites excluding steroid dienone is 1. The smallest absolute Gasteiger partial charge is 0.129 e. The first-order valence-electron chi connectivity index (χ1n) is 10.7. The molecule has 1 heteroatoms. The van der Waals surface area contributed by atoms with Gasteiger partial charge in [-0.05, 0) is 49.3 Å². The van der Waals surface area contributed by atoms with Crippen LogP contribution in [0.15, 0.2) is 36.6 Å². The predicted octanol–water partition coefficient (Wildman–Crippen LogP) is 8.09. The molecule has 1 unspecified atom stereocenters. The molecule has 1 atom stereocenters. The van der Waals surface area contributed by atoms with Crippen molar-refractivity contribution < 1.29 is 4.74 Å². The SMILES string of the molecule is CCCCCCCC=COc1ccccc1CCCCCC(C)CC. The van der Waals surface area contributed by atoms with Gasteiger partial charge in [0.25, 0.3) is 0 Å². The maximum atomic E-state index is 5.90. The van der Waals surface area contributed by atoms with Crippen molar-refractivity contribution in [1.82, 2.24) is 0 Å². The molecule has 1 aromatic rings. The summed E-state index contributed by atoms with van der Waals surface area (Å²) in [5.41, 5.74) is 1.35. The van der Waals surface area contributed by atoms with Crippen molar-refractivity contribution in [2.75, 3.05) is 0 Å². The molecule has 0 spiro atoms. The van der Waals surface area contributed by atoms with Gasteiger partial charge in [0.05, 0.1) is 6.26 Å². The number of unbranched alkanes of at least 4 members (excludes halogenated alkanes) is 7. The van der Waals surface area contributed by atoms with Crippen molar-refractivity contribution in [1.29, 1.82) is 0 Å². The highest BCUT2D eigenvalue weighted by Crippen LogP contribution is 2.21. The Morgan fingerprint density at radius 3 is 2.48 bits per heavy atom. The second-order valence-corrected chi connectivity index (χ2v) is 7.41. The van der Waals surface area contributed by atoms with Gasteiger partial charge in [-0.1, -0.05) is 90.3 Å². The first kappa shape index (κ1) is 21.8. The van der Waals surface area contributed by atoms with Gasteiger partial charge in [-0.3, -0.25) is 0 Å². The molecule has 0 amide bonds. The van der Waals surface area contributed by atoms with Crippen molar-refractivity contribution in [3.05, 3.63) is 42.2 Å². The average Bonchev–Trinajstić information content (AvgIpc) is 2.64. The van der Waals surface area contributed by atoms with Crippen molar-refractivity contribution in [2.45, 2.75) is 97.8 Å². The average molecular weight is 345 g/mol. The quantitative estimate of drug-likeness (QED) is 0.231. The number of hydrogen-bond acceptors (Lipinski definition) is 1. The monoisotopic (exact) mass is 344 g/mol. The molecule has 0 aromatic heterocycles. The van der Waals surface area contributed by atoms with E-state index >= 15 is 0 Å². The Morgan fingerprint density at radius 2 is 1.68 bits per heavy atom. The minimum Gasteiger partial charge on any atom is -0.465 e. The molecule has 0 aliphatic rings. The Balaban J connectivity index is 2.24. The molecule has 0 bridgehead atoms. The van der Waals surface area contributed by atoms with Gasteiger partial charge in [0.2, 0.25) is 0 Å². The third-order valence-electron chi connectivity index (χ3n) is 5.08. The first-order chi connectivity index (χ1) is 12.3. The van der Waals surface area contributed by atoms with E-state index in [0.29, 0.717) is 0 Å². The third kappa shape index (κ3) is 11.1. The fraction of sp³-hybridized carbons (Fsp3) is 0.667. The van der Waals surface area contributed by atoms with Crippen LogP contribution < -0.4 is 4.74 Å². The topological polar surface area (TPSA) is 9.23 Å². The number of aryl methyl sites for hydroxylation is 1. The van der Waals surface area contributed by atoms with Crippen molar-refractivity contribution in [3.63, 3.8) is 0 Å². The Labute approximate surface area is 156 Å². The highest BCUT2D eigenvalue weighted by molar-refractivity contribution is 5.33. The molecule has 0 saturated heterocycles. The van der Waals surface area contributed by atoms with Gasteiger partial charge in [-0.15, -0.1) is 0 Å². The lowest BCUT2D eigenvalue weighted by Gasteiger charge is -2.10. The molecule has 1 rings (SSSR count). The van der Waals surface area contributed by atoms with E-state index in [0.717, 1.165) is 24.5 Å². The summed E-state index contributed by atoms with van der Waals surface area (Å²) in [4.78, 5) is 0. The largest absolute Gasteiger partial charge is 0.465 e. The van der Waals surface area contributed by atoms with Crippen molar-refractivity contribution in [2.24, 2.45) is 5.92 Å². The van der Waals surface area contributed by atoms with Gasteiger partial charge < -0.3 is 4.74 Å². The molecule has 0 saturated carbocycles. The van der Waals surface area contributed by atoms with Crippen LogP contribution in [0, 0.1) is 5.92 Å². The van der Waals surface area contributed by atoms with Crippen LogP contribution >= 0.6 is 0 Å². The highest BCUT2D eigenvalue weighted by atomic mass is 16.5. The minimum atomic E-state index is 0.878. The van der Waals surface area contributed by atoms with Crippen LogP contribution in [0.2, 0.25) is 0 Å². The molecule has 142 valence electrons. The lowest BCUT2D eigenvalue weighted by molar-refractivity contribution is 0.463. The maximum Gasteiger partial charge on any atom is 0.129 e. The van der Waals surface area contributed by atoms with E-state index in [9.17, 15) is 0 Å². The Morgan fingerprint density at radius 1 is 0.920 bits per heavy atom. The zero-order valence-corrected chi connectivity index (χ0v) is 16.9. The fourth-order valence-corrected chi connectivity index (χ4v) is 3.07. The molecule has 0 aliphatic carbocycles. The normalized spacial score (nSPS) is 12.6. The number of hydrogen-bond donors (Lipinski definition) is 0. The lowest BCUT2D eigenvalue weighted by Crippen LogP contribution is -1.94. The summed E-state index contributed by atoms with van der Waals surface area (Å²) < 4.78 is 5.90. The summed E-state index contributed by atoms with van der Waals surface area (Å²) >= 11 is 0. The summed E-state index contributed by atoms with van der Waals surface area (Å²) in [7, 11) is 0. The summed E-state index contributed by atoms with van der Waals surface area (Å²) in [6.07, 6.45) is 19.6. The second-order valence-electron chi connectivity index (χ2n) is 7.41. The molecule has 0 aliphatic heterocycles. The standard InChI is InChI=1S/C24H40O/c1-4-6-7-8-9-10-16-21-25-24-20-15-14-19-23(24)18-13-11-12-17-22(3)5-2/h14-16,19-22H,4-13,17-18H2,1-3H3. The molecule has 25 heavy (non-hydrogen) atoms. The molecular formula is C24H40O. The van der Waals surface area contributed by atoms with E-state index < -0.39 is 0 Å². The molecule has 1 nitrogen and oxygen atoms in total. The van der Waals surface area contributed by atoms with Crippen LogP contribution in [-0.4, -0.2) is 0 Å². The van der Waals surface area contributed by atoms with Crippen LogP contribution in [0.5, 0.6) is 5.75 Å². The second kappa shape index (κ2) is 15.0. The van der Waals surface area contributed by atoms with Crippen LogP contribution in [0.25, 0.3) is 0 Å². The highest BCUT2D eigenvalue weighted by Gasteiger charge is 2.03. The number of benzene rings is 1.